The average Bonchev–Trinajstić information content (AvgIpc) is 2.53. The van der Waals surface area contributed by atoms with E-state index >= 15 is 0 Å². The van der Waals surface area contributed by atoms with Crippen molar-refractivity contribution >= 4 is 15.9 Å². The molecular formula is C15H14F3N3O4S. The summed E-state index contributed by atoms with van der Waals surface area (Å²) in [6, 6.07) is 7.15. The summed E-state index contributed by atoms with van der Waals surface area (Å²) >= 11 is 0. The highest BCUT2D eigenvalue weighted by atomic mass is 32.2. The number of nitrogens with two attached hydrogens (primary N) is 1. The van der Waals surface area contributed by atoms with Crippen LogP contribution < -0.4 is 16.0 Å². The number of carbonyl (C=O) groups is 1. The summed E-state index contributed by atoms with van der Waals surface area (Å²) in [4.78, 5) is 23.5. The Hall–Kier alpha value is -2.66. The van der Waals surface area contributed by atoms with Crippen LogP contribution in [0.3, 0.4) is 0 Å². The lowest BCUT2D eigenvalue weighted by Crippen LogP contribution is -2.34. The topological polar surface area (TPSA) is 111 Å². The Labute approximate surface area is 146 Å². The fourth-order valence-electron chi connectivity index (χ4n) is 2.12. The van der Waals surface area contributed by atoms with Crippen LogP contribution in [0.1, 0.15) is 11.1 Å². The van der Waals surface area contributed by atoms with E-state index in [1.807, 2.05) is 0 Å². The van der Waals surface area contributed by atoms with Crippen molar-refractivity contribution in [3.8, 4) is 0 Å². The van der Waals surface area contributed by atoms with Crippen LogP contribution in [0.4, 0.5) is 13.2 Å². The third-order valence-corrected chi connectivity index (χ3v) is 4.27. The molecule has 0 atom stereocenters. The smallest absolute Gasteiger partial charge is 0.350 e. The second-order valence-electron chi connectivity index (χ2n) is 5.32. The maximum Gasteiger partial charge on any atom is 0.421 e. The number of hydrogen-bond donors (Lipinski definition) is 2. The fourth-order valence-corrected chi connectivity index (χ4v) is 2.70. The number of carbonyl (C=O) groups excluding carboxylic acids is 1. The standard InChI is InChI=1S/C15H14F3N3O4S/c16-15(17,18)12-5-2-6-21(14(12)23)9-13(22)20-8-10-3-1-4-11(7-10)26(19,24)25/h1-7H,8-9H2,(H,20,22)(H2,19,24,25). The molecular weight excluding hydrogens is 375 g/mol. The molecule has 1 heterocycles. The van der Waals surface area contributed by atoms with Crippen LogP contribution in [-0.4, -0.2) is 18.9 Å². The van der Waals surface area contributed by atoms with Gasteiger partial charge in [0.15, 0.2) is 0 Å². The van der Waals surface area contributed by atoms with Crippen molar-refractivity contribution in [3.05, 3.63) is 64.1 Å². The number of pyridine rings is 1. The Bertz CT molecular complexity index is 984. The van der Waals surface area contributed by atoms with Crippen molar-refractivity contribution in [1.82, 2.24) is 9.88 Å². The SMILES string of the molecule is NS(=O)(=O)c1cccc(CNC(=O)Cn2cccc(C(F)(F)F)c2=O)c1. The van der Waals surface area contributed by atoms with E-state index in [-0.39, 0.29) is 11.4 Å². The maximum absolute atomic E-state index is 12.7. The highest BCUT2D eigenvalue weighted by molar-refractivity contribution is 7.89. The van der Waals surface area contributed by atoms with Gasteiger partial charge in [0, 0.05) is 12.7 Å². The summed E-state index contributed by atoms with van der Waals surface area (Å²) in [5.74, 6) is -0.715. The number of primary sulfonamides is 1. The fraction of sp³-hybridized carbons (Fsp3) is 0.200. The highest BCUT2D eigenvalue weighted by Gasteiger charge is 2.34. The normalized spacial score (nSPS) is 12.0. The minimum atomic E-state index is -4.81. The number of halogens is 3. The largest absolute Gasteiger partial charge is 0.421 e. The van der Waals surface area contributed by atoms with Crippen LogP contribution in [0.15, 0.2) is 52.3 Å². The van der Waals surface area contributed by atoms with Gasteiger partial charge >= 0.3 is 6.18 Å². The monoisotopic (exact) mass is 389 g/mol. The van der Waals surface area contributed by atoms with Crippen molar-refractivity contribution in [3.63, 3.8) is 0 Å². The Morgan fingerprint density at radius 3 is 2.50 bits per heavy atom. The minimum absolute atomic E-state index is 0.0874. The van der Waals surface area contributed by atoms with E-state index in [0.29, 0.717) is 16.2 Å². The van der Waals surface area contributed by atoms with Gasteiger partial charge in [-0.3, -0.25) is 9.59 Å². The molecule has 0 radical (unpaired) electrons. The Morgan fingerprint density at radius 1 is 1.19 bits per heavy atom. The zero-order chi connectivity index (χ0) is 19.5. The van der Waals surface area contributed by atoms with Gasteiger partial charge in [0.05, 0.1) is 4.90 Å². The van der Waals surface area contributed by atoms with Crippen LogP contribution in [0.2, 0.25) is 0 Å². The molecule has 0 bridgehead atoms. The third-order valence-electron chi connectivity index (χ3n) is 3.36. The first-order chi connectivity index (χ1) is 12.0. The number of rotatable bonds is 5. The number of nitrogens with one attached hydrogen (secondary N) is 1. The first-order valence-electron chi connectivity index (χ1n) is 7.13. The molecule has 11 heteroatoms. The van der Waals surface area contributed by atoms with Crippen molar-refractivity contribution < 1.29 is 26.4 Å². The molecule has 0 unspecified atom stereocenters. The Morgan fingerprint density at radius 2 is 1.88 bits per heavy atom. The van der Waals surface area contributed by atoms with Gasteiger partial charge in [-0.25, -0.2) is 13.6 Å². The molecule has 0 aliphatic rings. The molecule has 0 saturated heterocycles. The van der Waals surface area contributed by atoms with Gasteiger partial charge in [0.1, 0.15) is 12.1 Å². The number of hydrogen-bond acceptors (Lipinski definition) is 4. The number of sulfonamides is 1. The van der Waals surface area contributed by atoms with Crippen LogP contribution in [0.5, 0.6) is 0 Å². The van der Waals surface area contributed by atoms with Crippen LogP contribution in [0, 0.1) is 0 Å². The molecule has 26 heavy (non-hydrogen) atoms. The molecule has 1 aromatic carbocycles. The maximum atomic E-state index is 12.7. The molecule has 0 aliphatic heterocycles. The molecule has 7 nitrogen and oxygen atoms in total. The van der Waals surface area contributed by atoms with E-state index in [4.69, 9.17) is 5.14 Å². The van der Waals surface area contributed by atoms with E-state index in [1.165, 1.54) is 24.3 Å². The molecule has 0 fully saturated rings. The summed E-state index contributed by atoms with van der Waals surface area (Å²) in [7, 11) is -3.90. The van der Waals surface area contributed by atoms with Crippen molar-refractivity contribution in [1.29, 1.82) is 0 Å². The zero-order valence-corrected chi connectivity index (χ0v) is 14.0. The van der Waals surface area contributed by atoms with Crippen LogP contribution in [0.25, 0.3) is 0 Å². The Balaban J connectivity index is 2.08. The van der Waals surface area contributed by atoms with Gasteiger partial charge in [-0.15, -0.1) is 0 Å². The Kier molecular flexibility index (Phi) is 5.52. The zero-order valence-electron chi connectivity index (χ0n) is 13.2. The van der Waals surface area contributed by atoms with Gasteiger partial charge in [0.2, 0.25) is 15.9 Å². The van der Waals surface area contributed by atoms with Gasteiger partial charge in [0.25, 0.3) is 5.56 Å². The van der Waals surface area contributed by atoms with Crippen molar-refractivity contribution in [2.24, 2.45) is 5.14 Å². The molecule has 0 aliphatic carbocycles. The summed E-state index contributed by atoms with van der Waals surface area (Å²) in [6.45, 7) is -0.701. The minimum Gasteiger partial charge on any atom is -0.350 e. The lowest BCUT2D eigenvalue weighted by atomic mass is 10.2. The second-order valence-corrected chi connectivity index (χ2v) is 6.88. The first-order valence-corrected chi connectivity index (χ1v) is 8.68. The number of amides is 1. The van der Waals surface area contributed by atoms with E-state index < -0.39 is 39.8 Å². The molecule has 140 valence electrons. The summed E-state index contributed by atoms with van der Waals surface area (Å²) in [5, 5.41) is 7.40. The van der Waals surface area contributed by atoms with Gasteiger partial charge in [-0.2, -0.15) is 13.2 Å². The van der Waals surface area contributed by atoms with Crippen molar-refractivity contribution in [2.45, 2.75) is 24.2 Å². The number of benzene rings is 1. The number of alkyl halides is 3. The molecule has 0 spiro atoms. The second kappa shape index (κ2) is 7.30. The van der Waals surface area contributed by atoms with Crippen LogP contribution in [-0.2, 0) is 34.1 Å². The highest BCUT2D eigenvalue weighted by Crippen LogP contribution is 2.25. The molecule has 1 aromatic heterocycles. The van der Waals surface area contributed by atoms with Gasteiger partial charge < -0.3 is 9.88 Å². The molecule has 0 saturated carbocycles. The summed E-state index contributed by atoms with van der Waals surface area (Å²) in [5.41, 5.74) is -2.28. The first kappa shape index (κ1) is 19.7. The molecule has 2 aromatic rings. The quantitative estimate of drug-likeness (QED) is 0.789. The van der Waals surface area contributed by atoms with Crippen molar-refractivity contribution in [2.75, 3.05) is 0 Å². The third kappa shape index (κ3) is 4.92. The lowest BCUT2D eigenvalue weighted by molar-refractivity contribution is -0.139. The molecule has 2 rings (SSSR count). The summed E-state index contributed by atoms with van der Waals surface area (Å²) in [6.07, 6.45) is -3.75. The van der Waals surface area contributed by atoms with Crippen LogP contribution >= 0.6 is 0 Å². The predicted molar refractivity (Wildman–Crippen MR) is 85.4 cm³/mol. The van der Waals surface area contributed by atoms with Gasteiger partial charge in [-0.05, 0) is 29.8 Å². The summed E-state index contributed by atoms with van der Waals surface area (Å²) < 4.78 is 61.3. The van der Waals surface area contributed by atoms with E-state index in [1.54, 1.807) is 0 Å². The predicted octanol–water partition coefficient (Wildman–Crippen LogP) is 0.831. The molecule has 1 amide bonds. The number of aromatic nitrogens is 1. The van der Waals surface area contributed by atoms with Gasteiger partial charge in [-0.1, -0.05) is 12.1 Å². The molecule has 3 N–H and O–H groups in total. The number of nitrogens with zero attached hydrogens (tertiary/aromatic N) is 1. The average molecular weight is 389 g/mol. The van der Waals surface area contributed by atoms with E-state index in [0.717, 1.165) is 12.3 Å². The van der Waals surface area contributed by atoms with E-state index in [2.05, 4.69) is 5.32 Å². The van der Waals surface area contributed by atoms with E-state index in [9.17, 15) is 31.2 Å². The lowest BCUT2D eigenvalue weighted by Gasteiger charge is -2.11.